The average Bonchev–Trinajstić information content (AvgIpc) is 3.13. The van der Waals surface area contributed by atoms with Gasteiger partial charge in [0, 0.05) is 12.6 Å². The highest BCUT2D eigenvalue weighted by molar-refractivity contribution is 5.77. The number of likely N-dealkylation sites (tertiary alicyclic amines) is 1. The largest absolute Gasteiger partial charge is 0.493 e. The topological polar surface area (TPSA) is 72.1 Å². The summed E-state index contributed by atoms with van der Waals surface area (Å²) in [6.07, 6.45) is 2.60. The fourth-order valence-corrected chi connectivity index (χ4v) is 3.28. The summed E-state index contributed by atoms with van der Waals surface area (Å²) in [4.78, 5) is 7.01. The van der Waals surface area contributed by atoms with Gasteiger partial charge in [0.15, 0.2) is 17.5 Å². The quantitative estimate of drug-likeness (QED) is 0.557. The Bertz CT molecular complexity index is 569. The minimum atomic E-state index is 0.486. The predicted molar refractivity (Wildman–Crippen MR) is 102 cm³/mol. The number of nitrogens with two attached hydrogens (primary N) is 1. The first-order valence-electron chi connectivity index (χ1n) is 9.04. The molecule has 2 rings (SSSR count). The molecule has 1 aliphatic heterocycles. The van der Waals surface area contributed by atoms with E-state index in [0.29, 0.717) is 36.0 Å². The molecule has 1 aromatic rings. The third-order valence-corrected chi connectivity index (χ3v) is 4.75. The van der Waals surface area contributed by atoms with Crippen LogP contribution in [0.25, 0.3) is 0 Å². The number of methoxy groups -OCH3 is 2. The van der Waals surface area contributed by atoms with Gasteiger partial charge in [-0.05, 0) is 49.5 Å². The molecule has 1 fully saturated rings. The van der Waals surface area contributed by atoms with Crippen LogP contribution >= 0.6 is 0 Å². The summed E-state index contributed by atoms with van der Waals surface area (Å²) in [5, 5.41) is 3.29. The number of hydrogen-bond donors (Lipinski definition) is 2. The summed E-state index contributed by atoms with van der Waals surface area (Å²) in [5.41, 5.74) is 7.09. The van der Waals surface area contributed by atoms with E-state index in [2.05, 4.69) is 29.1 Å². The fraction of sp³-hybridized carbons (Fsp3) is 0.632. The zero-order valence-corrected chi connectivity index (χ0v) is 15.9. The summed E-state index contributed by atoms with van der Waals surface area (Å²) in [6.45, 7) is 8.25. The maximum absolute atomic E-state index is 6.06. The maximum Gasteiger partial charge on any atom is 0.188 e. The van der Waals surface area contributed by atoms with Crippen LogP contribution in [0.5, 0.6) is 11.5 Å². The molecule has 1 atom stereocenters. The van der Waals surface area contributed by atoms with Crippen molar-refractivity contribution in [2.75, 3.05) is 33.9 Å². The van der Waals surface area contributed by atoms with Gasteiger partial charge in [0.05, 0.1) is 20.8 Å². The standard InChI is InChI=1S/C19H32N4O2/c1-14(2)16(23-9-5-6-10-23)13-22-19(20)21-12-15-7-8-17(24-3)18(11-15)25-4/h7-8,11,14,16H,5-6,9-10,12-13H2,1-4H3,(H3,20,21,22). The highest BCUT2D eigenvalue weighted by Crippen LogP contribution is 2.27. The molecule has 0 bridgehead atoms. The Hall–Kier alpha value is -1.95. The van der Waals surface area contributed by atoms with Crippen LogP contribution in [0.3, 0.4) is 0 Å². The lowest BCUT2D eigenvalue weighted by atomic mass is 10.0. The lowest BCUT2D eigenvalue weighted by molar-refractivity contribution is 0.192. The van der Waals surface area contributed by atoms with E-state index in [1.165, 1.54) is 25.9 Å². The Morgan fingerprint density at radius 2 is 1.88 bits per heavy atom. The predicted octanol–water partition coefficient (Wildman–Crippen LogP) is 2.23. The summed E-state index contributed by atoms with van der Waals surface area (Å²) in [6, 6.07) is 6.28. The zero-order chi connectivity index (χ0) is 18.2. The Morgan fingerprint density at radius 3 is 2.48 bits per heavy atom. The molecule has 6 nitrogen and oxygen atoms in total. The number of hydrogen-bond acceptors (Lipinski definition) is 4. The molecule has 140 valence electrons. The van der Waals surface area contributed by atoms with Crippen molar-refractivity contribution in [3.05, 3.63) is 23.8 Å². The monoisotopic (exact) mass is 348 g/mol. The highest BCUT2D eigenvalue weighted by Gasteiger charge is 2.24. The molecule has 0 radical (unpaired) electrons. The second-order valence-corrected chi connectivity index (χ2v) is 6.83. The molecule has 1 saturated heterocycles. The Morgan fingerprint density at radius 1 is 1.20 bits per heavy atom. The lowest BCUT2D eigenvalue weighted by Crippen LogP contribution is -2.47. The molecule has 0 aliphatic carbocycles. The second kappa shape index (κ2) is 9.51. The van der Waals surface area contributed by atoms with E-state index < -0.39 is 0 Å². The van der Waals surface area contributed by atoms with Gasteiger partial charge in [-0.3, -0.25) is 4.90 Å². The summed E-state index contributed by atoms with van der Waals surface area (Å²) in [5.74, 6) is 2.49. The van der Waals surface area contributed by atoms with Gasteiger partial charge in [-0.25, -0.2) is 4.99 Å². The zero-order valence-electron chi connectivity index (χ0n) is 15.9. The van der Waals surface area contributed by atoms with E-state index in [4.69, 9.17) is 15.2 Å². The number of nitrogens with zero attached hydrogens (tertiary/aromatic N) is 2. The van der Waals surface area contributed by atoms with Crippen LogP contribution in [0.15, 0.2) is 23.2 Å². The van der Waals surface area contributed by atoms with Gasteiger partial charge in [-0.1, -0.05) is 19.9 Å². The van der Waals surface area contributed by atoms with Crippen molar-refractivity contribution in [1.82, 2.24) is 10.2 Å². The molecule has 0 spiro atoms. The number of guanidine groups is 1. The Kier molecular flexibility index (Phi) is 7.37. The van der Waals surface area contributed by atoms with Gasteiger partial charge in [-0.2, -0.15) is 0 Å². The van der Waals surface area contributed by atoms with Gasteiger partial charge in [0.2, 0.25) is 0 Å². The molecule has 1 heterocycles. The van der Waals surface area contributed by atoms with Crippen LogP contribution < -0.4 is 20.5 Å². The number of aliphatic imine (C=N–C) groups is 1. The average molecular weight is 348 g/mol. The van der Waals surface area contributed by atoms with Crippen LogP contribution in [0.4, 0.5) is 0 Å². The molecule has 0 saturated carbocycles. The molecule has 0 amide bonds. The molecule has 6 heteroatoms. The summed E-state index contributed by atoms with van der Waals surface area (Å²) >= 11 is 0. The van der Waals surface area contributed by atoms with Crippen LogP contribution in [0.2, 0.25) is 0 Å². The minimum absolute atomic E-state index is 0.486. The minimum Gasteiger partial charge on any atom is -0.493 e. The molecule has 1 aromatic carbocycles. The molecule has 1 aliphatic rings. The lowest BCUT2D eigenvalue weighted by Gasteiger charge is -2.31. The van der Waals surface area contributed by atoms with Crippen LogP contribution in [-0.4, -0.2) is 50.8 Å². The first kappa shape index (κ1) is 19.4. The molecule has 0 aromatic heterocycles. The number of rotatable bonds is 8. The maximum atomic E-state index is 6.06. The van der Waals surface area contributed by atoms with Crippen LogP contribution in [-0.2, 0) is 6.54 Å². The van der Waals surface area contributed by atoms with Crippen molar-refractivity contribution in [2.45, 2.75) is 39.3 Å². The second-order valence-electron chi connectivity index (χ2n) is 6.83. The van der Waals surface area contributed by atoms with E-state index in [1.54, 1.807) is 14.2 Å². The van der Waals surface area contributed by atoms with E-state index in [0.717, 1.165) is 12.1 Å². The first-order valence-corrected chi connectivity index (χ1v) is 9.04. The van der Waals surface area contributed by atoms with E-state index in [1.807, 2.05) is 18.2 Å². The smallest absolute Gasteiger partial charge is 0.188 e. The number of nitrogens with one attached hydrogen (secondary N) is 1. The fourth-order valence-electron chi connectivity index (χ4n) is 3.28. The third-order valence-electron chi connectivity index (χ3n) is 4.75. The van der Waals surface area contributed by atoms with Crippen molar-refractivity contribution in [3.8, 4) is 11.5 Å². The molecule has 25 heavy (non-hydrogen) atoms. The molecular formula is C19H32N4O2. The molecular weight excluding hydrogens is 316 g/mol. The molecule has 3 N–H and O–H groups in total. The van der Waals surface area contributed by atoms with Gasteiger partial charge >= 0.3 is 0 Å². The SMILES string of the molecule is COc1ccc(CN=C(N)NCC(C(C)C)N2CCCC2)cc1OC. The van der Waals surface area contributed by atoms with E-state index in [9.17, 15) is 0 Å². The summed E-state index contributed by atoms with van der Waals surface area (Å²) < 4.78 is 10.6. The van der Waals surface area contributed by atoms with Crippen molar-refractivity contribution in [2.24, 2.45) is 16.6 Å². The first-order chi connectivity index (χ1) is 12.0. The number of ether oxygens (including phenoxy) is 2. The number of benzene rings is 1. The normalized spacial score (nSPS) is 16.9. The molecule has 1 unspecified atom stereocenters. The van der Waals surface area contributed by atoms with Crippen molar-refractivity contribution < 1.29 is 9.47 Å². The van der Waals surface area contributed by atoms with E-state index >= 15 is 0 Å². The van der Waals surface area contributed by atoms with Crippen LogP contribution in [0.1, 0.15) is 32.3 Å². The highest BCUT2D eigenvalue weighted by atomic mass is 16.5. The van der Waals surface area contributed by atoms with Crippen LogP contribution in [0, 0.1) is 5.92 Å². The van der Waals surface area contributed by atoms with Gasteiger partial charge in [0.25, 0.3) is 0 Å². The Balaban J connectivity index is 1.90. The van der Waals surface area contributed by atoms with Gasteiger partial charge < -0.3 is 20.5 Å². The van der Waals surface area contributed by atoms with Crippen molar-refractivity contribution in [1.29, 1.82) is 0 Å². The van der Waals surface area contributed by atoms with Crippen molar-refractivity contribution >= 4 is 5.96 Å². The van der Waals surface area contributed by atoms with E-state index in [-0.39, 0.29) is 0 Å². The van der Waals surface area contributed by atoms with Crippen molar-refractivity contribution in [3.63, 3.8) is 0 Å². The van der Waals surface area contributed by atoms with Gasteiger partial charge in [-0.15, -0.1) is 0 Å². The van der Waals surface area contributed by atoms with Gasteiger partial charge in [0.1, 0.15) is 0 Å². The third kappa shape index (κ3) is 5.53. The Labute approximate surface area is 151 Å². The summed E-state index contributed by atoms with van der Waals surface area (Å²) in [7, 11) is 3.26.